The molecule has 0 spiro atoms. The van der Waals surface area contributed by atoms with Gasteiger partial charge in [0, 0.05) is 12.3 Å². The van der Waals surface area contributed by atoms with Crippen LogP contribution in [0, 0.1) is 12.1 Å². The number of carbonyl (C=O) groups excluding carboxylic acids is 1. The average molecular weight is 166 g/mol. The minimum absolute atomic E-state index is 0.216. The van der Waals surface area contributed by atoms with Gasteiger partial charge in [0.1, 0.15) is 0 Å². The molecule has 0 aromatic carbocycles. The summed E-state index contributed by atoms with van der Waals surface area (Å²) >= 11 is 0. The Morgan fingerprint density at radius 3 is 2.67 bits per heavy atom. The molecular weight excluding hydrogens is 156 g/mol. The van der Waals surface area contributed by atoms with Gasteiger partial charge in [-0.25, -0.2) is 9.78 Å². The van der Waals surface area contributed by atoms with Gasteiger partial charge in [-0.1, -0.05) is 6.07 Å². The second kappa shape index (κ2) is 3.42. The summed E-state index contributed by atoms with van der Waals surface area (Å²) in [5.41, 5.74) is 0.968. The summed E-state index contributed by atoms with van der Waals surface area (Å²) < 4.78 is 0. The molecule has 0 aliphatic heterocycles. The normalized spacial score (nSPS) is 12.6. The van der Waals surface area contributed by atoms with E-state index < -0.39 is 11.0 Å². The zero-order valence-corrected chi connectivity index (χ0v) is 7.00. The predicted octanol–water partition coefficient (Wildman–Crippen LogP) is -0.0493. The fourth-order valence-corrected chi connectivity index (χ4v) is 0.782. The fourth-order valence-electron chi connectivity index (χ4n) is 0.782. The molecule has 1 amide bonds. The number of aryl methyl sites for hydroxylation is 1. The Bertz CT molecular complexity index is 282. The van der Waals surface area contributed by atoms with Gasteiger partial charge in [-0.3, -0.25) is 5.06 Å². The smallest absolute Gasteiger partial charge is 0.315 e. The third-order valence-corrected chi connectivity index (χ3v) is 1.46. The van der Waals surface area contributed by atoms with E-state index in [-0.39, 0.29) is 5.82 Å². The van der Waals surface area contributed by atoms with E-state index in [1.165, 1.54) is 6.92 Å². The van der Waals surface area contributed by atoms with Crippen molar-refractivity contribution in [2.24, 2.45) is 0 Å². The Hall–Kier alpha value is -1.26. The van der Waals surface area contributed by atoms with Crippen LogP contribution in [-0.4, -0.2) is 10.9 Å². The van der Waals surface area contributed by atoms with E-state index in [1.807, 2.05) is 6.92 Å². The fraction of sp³-hybridized carbons (Fsp3) is 0.250. The van der Waals surface area contributed by atoms with Crippen LogP contribution >= 0.6 is 0 Å². The minimum Gasteiger partial charge on any atom is -0.620 e. The van der Waals surface area contributed by atoms with Crippen LogP contribution in [0.1, 0.15) is 12.5 Å². The van der Waals surface area contributed by atoms with E-state index in [9.17, 15) is 10.0 Å². The van der Waals surface area contributed by atoms with Crippen molar-refractivity contribution in [1.29, 1.82) is 0 Å². The van der Waals surface area contributed by atoms with E-state index in [1.54, 1.807) is 18.3 Å². The summed E-state index contributed by atoms with van der Waals surface area (Å²) in [6.45, 7) is 3.11. The number of hydrogen-bond donors (Lipinski definition) is 1. The summed E-state index contributed by atoms with van der Waals surface area (Å²) in [5.74, 6) is -0.264. The zero-order chi connectivity index (χ0) is 9.14. The zero-order valence-electron chi connectivity index (χ0n) is 7.00. The Kier molecular flexibility index (Phi) is 2.52. The summed E-state index contributed by atoms with van der Waals surface area (Å²) in [6, 6.07) is 3.31. The quantitative estimate of drug-likeness (QED) is 0.595. The van der Waals surface area contributed by atoms with Crippen molar-refractivity contribution in [3.63, 3.8) is 0 Å². The number of aromatic nitrogens is 1. The lowest BCUT2D eigenvalue weighted by molar-refractivity contribution is -0.691. The molecule has 0 aliphatic rings. The highest BCUT2D eigenvalue weighted by atomic mass is 16.5. The molecule has 12 heavy (non-hydrogen) atoms. The van der Waals surface area contributed by atoms with Crippen LogP contribution < -0.4 is 5.06 Å². The second-order valence-corrected chi connectivity index (χ2v) is 2.61. The number of nitrogens with zero attached hydrogens (tertiary/aromatic N) is 1. The number of quaternary nitrogens is 1. The van der Waals surface area contributed by atoms with Gasteiger partial charge in [-0.2, -0.15) is 0 Å². The molecule has 4 nitrogen and oxygen atoms in total. The molecule has 0 radical (unpaired) electrons. The van der Waals surface area contributed by atoms with Crippen molar-refractivity contribution in [3.05, 3.63) is 29.1 Å². The molecule has 1 N–H and O–H groups in total. The molecule has 1 unspecified atom stereocenters. The first-order chi connectivity index (χ1) is 5.61. The molecule has 0 fully saturated rings. The van der Waals surface area contributed by atoms with Crippen LogP contribution in [0.3, 0.4) is 0 Å². The highest BCUT2D eigenvalue weighted by Gasteiger charge is 2.07. The number of hydroxylamine groups is 1. The molecule has 64 valence electrons. The Labute approximate surface area is 70.4 Å². The van der Waals surface area contributed by atoms with Gasteiger partial charge in [0.05, 0.1) is 6.92 Å². The highest BCUT2D eigenvalue weighted by molar-refractivity contribution is 5.65. The molecule has 0 bridgehead atoms. The third-order valence-electron chi connectivity index (χ3n) is 1.46. The maximum absolute atomic E-state index is 11.0. The van der Waals surface area contributed by atoms with Crippen LogP contribution in [0.25, 0.3) is 0 Å². The van der Waals surface area contributed by atoms with E-state index in [4.69, 9.17) is 0 Å². The number of hydrogen-bond acceptors (Lipinski definition) is 3. The van der Waals surface area contributed by atoms with Gasteiger partial charge in [0.15, 0.2) is 0 Å². The van der Waals surface area contributed by atoms with Crippen LogP contribution in [0.15, 0.2) is 18.3 Å². The van der Waals surface area contributed by atoms with Gasteiger partial charge < -0.3 is 5.21 Å². The number of nitrogens with one attached hydrogen (secondary N) is 1. The second-order valence-electron chi connectivity index (χ2n) is 2.61. The minimum atomic E-state index is -0.532. The molecule has 1 atom stereocenters. The Morgan fingerprint density at radius 2 is 2.25 bits per heavy atom. The SMILES string of the molecule is CC(=O)[NH+]([O-])c1ccc(C)cn1. The van der Waals surface area contributed by atoms with E-state index in [0.29, 0.717) is 0 Å². The van der Waals surface area contributed by atoms with E-state index in [2.05, 4.69) is 4.98 Å². The molecule has 0 aliphatic carbocycles. The summed E-state index contributed by atoms with van der Waals surface area (Å²) in [7, 11) is 0. The molecule has 1 heterocycles. The molecular formula is C8H10N2O2. The number of rotatable bonds is 1. The van der Waals surface area contributed by atoms with Crippen molar-refractivity contribution in [2.75, 3.05) is 0 Å². The molecule has 4 heteroatoms. The summed E-state index contributed by atoms with van der Waals surface area (Å²) in [6.07, 6.45) is 1.57. The summed E-state index contributed by atoms with van der Waals surface area (Å²) in [5, 5.41) is 10.5. The van der Waals surface area contributed by atoms with Gasteiger partial charge in [0.25, 0.3) is 0 Å². The Morgan fingerprint density at radius 1 is 1.58 bits per heavy atom. The first-order valence-corrected chi connectivity index (χ1v) is 3.59. The average Bonchev–Trinajstić information content (AvgIpc) is 2.04. The first-order valence-electron chi connectivity index (χ1n) is 3.59. The monoisotopic (exact) mass is 166 g/mol. The van der Waals surface area contributed by atoms with Gasteiger partial charge >= 0.3 is 5.91 Å². The molecule has 1 aromatic heterocycles. The molecule has 1 aromatic rings. The maximum Gasteiger partial charge on any atom is 0.315 e. The third kappa shape index (κ3) is 1.87. The van der Waals surface area contributed by atoms with Crippen molar-refractivity contribution < 1.29 is 9.86 Å². The van der Waals surface area contributed by atoms with Crippen LogP contribution in [0.2, 0.25) is 0 Å². The lowest BCUT2D eigenvalue weighted by atomic mass is 10.3. The first kappa shape index (κ1) is 8.83. The number of carbonyl (C=O) groups is 1. The Balaban J connectivity index is 2.89. The number of amides is 1. The molecule has 0 saturated heterocycles. The van der Waals surface area contributed by atoms with Gasteiger partial charge in [-0.15, -0.1) is 0 Å². The lowest BCUT2D eigenvalue weighted by Crippen LogP contribution is -3.04. The topological polar surface area (TPSA) is 57.5 Å². The number of pyridine rings is 1. The molecule has 0 saturated carbocycles. The standard InChI is InChI=1S/C8H10N2O2/c1-6-3-4-8(9-5-6)10(12)7(2)11/h3-5,10H,1-2H3. The molecule has 1 rings (SSSR count). The van der Waals surface area contributed by atoms with Crippen molar-refractivity contribution in [3.8, 4) is 0 Å². The lowest BCUT2D eigenvalue weighted by Gasteiger charge is -2.15. The van der Waals surface area contributed by atoms with E-state index in [0.717, 1.165) is 5.56 Å². The van der Waals surface area contributed by atoms with E-state index >= 15 is 0 Å². The highest BCUT2D eigenvalue weighted by Crippen LogP contribution is 1.97. The summed E-state index contributed by atoms with van der Waals surface area (Å²) in [4.78, 5) is 14.5. The van der Waals surface area contributed by atoms with Crippen LogP contribution in [0.5, 0.6) is 0 Å². The van der Waals surface area contributed by atoms with Crippen molar-refractivity contribution in [1.82, 2.24) is 4.98 Å². The van der Waals surface area contributed by atoms with Gasteiger partial charge in [-0.05, 0) is 12.5 Å². The van der Waals surface area contributed by atoms with Crippen molar-refractivity contribution >= 4 is 11.7 Å². The predicted molar refractivity (Wildman–Crippen MR) is 43.6 cm³/mol. The maximum atomic E-state index is 11.0. The van der Waals surface area contributed by atoms with Crippen LogP contribution in [0.4, 0.5) is 5.82 Å². The largest absolute Gasteiger partial charge is 0.620 e. The van der Waals surface area contributed by atoms with Crippen molar-refractivity contribution in [2.45, 2.75) is 13.8 Å². The van der Waals surface area contributed by atoms with Gasteiger partial charge in [0.2, 0.25) is 5.82 Å². The van der Waals surface area contributed by atoms with Crippen LogP contribution in [-0.2, 0) is 4.79 Å².